The average molecular weight is 254 g/mol. The molecular formula is C12H18N2O4. The predicted octanol–water partition coefficient (Wildman–Crippen LogP) is -0.118. The van der Waals surface area contributed by atoms with E-state index < -0.39 is 12.0 Å². The molecule has 1 saturated heterocycles. The van der Waals surface area contributed by atoms with Crippen molar-refractivity contribution < 1.29 is 19.5 Å². The molecule has 1 heterocycles. The van der Waals surface area contributed by atoms with Crippen LogP contribution in [0.4, 0.5) is 0 Å². The maximum atomic E-state index is 11.9. The monoisotopic (exact) mass is 254 g/mol. The van der Waals surface area contributed by atoms with E-state index in [9.17, 15) is 14.4 Å². The van der Waals surface area contributed by atoms with Crippen molar-refractivity contribution in [3.05, 3.63) is 0 Å². The van der Waals surface area contributed by atoms with Crippen molar-refractivity contribution in [2.24, 2.45) is 11.8 Å². The number of hydrogen-bond acceptors (Lipinski definition) is 3. The second-order valence-corrected chi connectivity index (χ2v) is 5.12. The smallest absolute Gasteiger partial charge is 0.326 e. The lowest BCUT2D eigenvalue weighted by Gasteiger charge is -2.23. The van der Waals surface area contributed by atoms with Crippen LogP contribution in [0.3, 0.4) is 0 Å². The minimum Gasteiger partial charge on any atom is -0.480 e. The number of carboxylic acid groups (broad SMARTS) is 1. The summed E-state index contributed by atoms with van der Waals surface area (Å²) < 4.78 is 0. The third-order valence-electron chi connectivity index (χ3n) is 3.52. The lowest BCUT2D eigenvalue weighted by molar-refractivity contribution is -0.143. The highest BCUT2D eigenvalue weighted by atomic mass is 16.4. The van der Waals surface area contributed by atoms with Gasteiger partial charge in [-0.2, -0.15) is 0 Å². The van der Waals surface area contributed by atoms with Gasteiger partial charge in [0, 0.05) is 13.0 Å². The number of rotatable bonds is 5. The predicted molar refractivity (Wildman–Crippen MR) is 62.6 cm³/mol. The molecule has 0 aromatic carbocycles. The van der Waals surface area contributed by atoms with Crippen LogP contribution >= 0.6 is 0 Å². The van der Waals surface area contributed by atoms with Crippen LogP contribution in [-0.4, -0.2) is 35.5 Å². The van der Waals surface area contributed by atoms with Gasteiger partial charge < -0.3 is 15.7 Å². The number of nitrogens with one attached hydrogen (secondary N) is 2. The number of hydrogen-bond donors (Lipinski definition) is 3. The normalized spacial score (nSPS) is 25.1. The molecule has 0 radical (unpaired) electrons. The molecular weight excluding hydrogens is 236 g/mol. The highest BCUT2D eigenvalue weighted by molar-refractivity contribution is 5.87. The van der Waals surface area contributed by atoms with Crippen LogP contribution in [0.25, 0.3) is 0 Å². The summed E-state index contributed by atoms with van der Waals surface area (Å²) in [5.74, 6) is -1.15. The molecule has 0 bridgehead atoms. The van der Waals surface area contributed by atoms with E-state index in [1.165, 1.54) is 0 Å². The summed E-state index contributed by atoms with van der Waals surface area (Å²) in [4.78, 5) is 33.9. The molecule has 2 fully saturated rings. The van der Waals surface area contributed by atoms with E-state index in [1.807, 2.05) is 0 Å². The first-order chi connectivity index (χ1) is 8.56. The second-order valence-electron chi connectivity index (χ2n) is 5.12. The highest BCUT2D eigenvalue weighted by Gasteiger charge is 2.32. The quantitative estimate of drug-likeness (QED) is 0.637. The molecule has 2 rings (SSSR count). The Hall–Kier alpha value is -1.59. The van der Waals surface area contributed by atoms with E-state index in [0.717, 1.165) is 12.8 Å². The zero-order chi connectivity index (χ0) is 13.1. The zero-order valence-corrected chi connectivity index (χ0v) is 10.1. The summed E-state index contributed by atoms with van der Waals surface area (Å²) in [5.41, 5.74) is 0. The van der Waals surface area contributed by atoms with E-state index in [1.54, 1.807) is 0 Å². The van der Waals surface area contributed by atoms with Gasteiger partial charge in [-0.05, 0) is 18.8 Å². The number of carbonyl (C=O) groups is 3. The number of carbonyl (C=O) groups excluding carboxylic acids is 2. The summed E-state index contributed by atoms with van der Waals surface area (Å²) in [6.45, 7) is 0.306. The van der Waals surface area contributed by atoms with Gasteiger partial charge in [-0.15, -0.1) is 0 Å². The third-order valence-corrected chi connectivity index (χ3v) is 3.52. The maximum absolute atomic E-state index is 11.9. The fourth-order valence-electron chi connectivity index (χ4n) is 2.15. The Morgan fingerprint density at radius 1 is 1.39 bits per heavy atom. The van der Waals surface area contributed by atoms with E-state index in [4.69, 9.17) is 5.11 Å². The van der Waals surface area contributed by atoms with Gasteiger partial charge in [-0.1, -0.05) is 12.8 Å². The zero-order valence-electron chi connectivity index (χ0n) is 10.1. The van der Waals surface area contributed by atoms with Gasteiger partial charge in [-0.25, -0.2) is 4.79 Å². The van der Waals surface area contributed by atoms with Gasteiger partial charge in [-0.3, -0.25) is 9.59 Å². The molecule has 0 aromatic rings. The van der Waals surface area contributed by atoms with Crippen LogP contribution in [0.5, 0.6) is 0 Å². The number of amides is 2. The first-order valence-electron chi connectivity index (χ1n) is 6.36. The van der Waals surface area contributed by atoms with Gasteiger partial charge >= 0.3 is 5.97 Å². The molecule has 1 aliphatic carbocycles. The van der Waals surface area contributed by atoms with Crippen molar-refractivity contribution in [2.75, 3.05) is 6.54 Å². The molecule has 6 heteroatoms. The Morgan fingerprint density at radius 3 is 2.61 bits per heavy atom. The van der Waals surface area contributed by atoms with E-state index in [2.05, 4.69) is 10.6 Å². The minimum absolute atomic E-state index is 0.0492. The minimum atomic E-state index is -0.977. The van der Waals surface area contributed by atoms with Crippen molar-refractivity contribution >= 4 is 17.8 Å². The Morgan fingerprint density at radius 2 is 2.11 bits per heavy atom. The van der Waals surface area contributed by atoms with Crippen molar-refractivity contribution in [1.82, 2.24) is 10.6 Å². The number of piperidine rings is 1. The summed E-state index contributed by atoms with van der Waals surface area (Å²) in [7, 11) is 0. The highest BCUT2D eigenvalue weighted by Crippen LogP contribution is 2.33. The molecule has 2 amide bonds. The van der Waals surface area contributed by atoms with Gasteiger partial charge in [0.05, 0.1) is 5.92 Å². The Labute approximate surface area is 105 Å². The number of carboxylic acids is 1. The Kier molecular flexibility index (Phi) is 3.84. The number of aliphatic carboxylic acids is 1. The standard InChI is InChI=1S/C12H18N2O4/c15-10-4-3-8(6-13-10)11(16)14-9(12(17)18)5-7-1-2-7/h7-9H,1-6H2,(H,13,15)(H,14,16)(H,17,18)/t8?,9-/m0/s1. The SMILES string of the molecule is O=C1CCC(C(=O)N[C@@H](CC2CC2)C(=O)O)CN1. The summed E-state index contributed by atoms with van der Waals surface area (Å²) in [6.07, 6.45) is 3.45. The molecule has 3 N–H and O–H groups in total. The van der Waals surface area contributed by atoms with E-state index in [-0.39, 0.29) is 17.7 Å². The van der Waals surface area contributed by atoms with Crippen LogP contribution in [0.15, 0.2) is 0 Å². The van der Waals surface area contributed by atoms with Gasteiger partial charge in [0.25, 0.3) is 0 Å². The summed E-state index contributed by atoms with van der Waals surface area (Å²) in [5, 5.41) is 14.3. The Balaban J connectivity index is 1.83. The molecule has 6 nitrogen and oxygen atoms in total. The van der Waals surface area contributed by atoms with Gasteiger partial charge in [0.15, 0.2) is 0 Å². The van der Waals surface area contributed by atoms with Crippen LogP contribution < -0.4 is 10.6 Å². The van der Waals surface area contributed by atoms with E-state index >= 15 is 0 Å². The molecule has 18 heavy (non-hydrogen) atoms. The van der Waals surface area contributed by atoms with Crippen LogP contribution in [0, 0.1) is 11.8 Å². The summed E-state index contributed by atoms with van der Waals surface area (Å²) >= 11 is 0. The lowest BCUT2D eigenvalue weighted by atomic mass is 9.97. The molecule has 0 aromatic heterocycles. The van der Waals surface area contributed by atoms with Gasteiger partial charge in [0.1, 0.15) is 6.04 Å². The van der Waals surface area contributed by atoms with Crippen LogP contribution in [-0.2, 0) is 14.4 Å². The lowest BCUT2D eigenvalue weighted by Crippen LogP contribution is -2.48. The molecule has 2 aliphatic rings. The van der Waals surface area contributed by atoms with Crippen LogP contribution in [0.2, 0.25) is 0 Å². The molecule has 2 atom stereocenters. The molecule has 0 spiro atoms. The fraction of sp³-hybridized carbons (Fsp3) is 0.750. The first-order valence-corrected chi connectivity index (χ1v) is 6.36. The maximum Gasteiger partial charge on any atom is 0.326 e. The molecule has 100 valence electrons. The topological polar surface area (TPSA) is 95.5 Å². The van der Waals surface area contributed by atoms with E-state index in [0.29, 0.717) is 31.7 Å². The van der Waals surface area contributed by atoms with Crippen molar-refractivity contribution in [1.29, 1.82) is 0 Å². The summed E-state index contributed by atoms with van der Waals surface area (Å²) in [6, 6.07) is -0.789. The molecule has 1 unspecified atom stereocenters. The second kappa shape index (κ2) is 5.37. The van der Waals surface area contributed by atoms with Gasteiger partial charge in [0.2, 0.25) is 11.8 Å². The van der Waals surface area contributed by atoms with Crippen molar-refractivity contribution in [3.8, 4) is 0 Å². The third kappa shape index (κ3) is 3.45. The van der Waals surface area contributed by atoms with Crippen molar-refractivity contribution in [3.63, 3.8) is 0 Å². The van der Waals surface area contributed by atoms with Crippen LogP contribution in [0.1, 0.15) is 32.1 Å². The fourth-order valence-corrected chi connectivity index (χ4v) is 2.15. The molecule has 1 saturated carbocycles. The molecule has 1 aliphatic heterocycles. The Bertz CT molecular complexity index is 355. The average Bonchev–Trinajstić information content (AvgIpc) is 3.12. The van der Waals surface area contributed by atoms with Crippen molar-refractivity contribution in [2.45, 2.75) is 38.1 Å². The first kappa shape index (κ1) is 12.9. The largest absolute Gasteiger partial charge is 0.480 e.